The van der Waals surface area contributed by atoms with E-state index in [1.54, 1.807) is 18.2 Å². The maximum Gasteiger partial charge on any atom is 0.251 e. The second-order valence-corrected chi connectivity index (χ2v) is 3.39. The molecule has 1 heterocycles. The normalized spacial score (nSPS) is 10.5. The molecule has 0 spiro atoms. The highest BCUT2D eigenvalue weighted by atomic mass is 32.1. The van der Waals surface area contributed by atoms with Gasteiger partial charge in [0.2, 0.25) is 0 Å². The first-order valence-electron chi connectivity index (χ1n) is 4.42. The number of benzene rings is 1. The van der Waals surface area contributed by atoms with Crippen molar-refractivity contribution in [1.29, 1.82) is 0 Å². The lowest BCUT2D eigenvalue weighted by atomic mass is 10.2. The second kappa shape index (κ2) is 4.31. The predicted molar refractivity (Wildman–Crippen MR) is 58.0 cm³/mol. The molecule has 6 heteroatoms. The summed E-state index contributed by atoms with van der Waals surface area (Å²) < 4.78 is 4.54. The Labute approximate surface area is 91.2 Å². The standard InChI is InChI=1S/C9H9N3O2S/c13-9(10-3-4-15)6-1-2-7-8(5-6)12-14-11-7/h1-2,5,15H,3-4H2,(H,10,13). The molecule has 78 valence electrons. The third kappa shape index (κ3) is 2.10. The molecule has 15 heavy (non-hydrogen) atoms. The molecule has 1 N–H and O–H groups in total. The van der Waals surface area contributed by atoms with Gasteiger partial charge in [0, 0.05) is 17.9 Å². The van der Waals surface area contributed by atoms with Crippen LogP contribution in [-0.2, 0) is 0 Å². The van der Waals surface area contributed by atoms with Crippen LogP contribution < -0.4 is 5.32 Å². The summed E-state index contributed by atoms with van der Waals surface area (Å²) in [5.74, 6) is 0.466. The van der Waals surface area contributed by atoms with Gasteiger partial charge in [-0.1, -0.05) is 0 Å². The number of aromatic nitrogens is 2. The van der Waals surface area contributed by atoms with Crippen molar-refractivity contribution in [3.05, 3.63) is 23.8 Å². The van der Waals surface area contributed by atoms with Crippen LogP contribution in [0.5, 0.6) is 0 Å². The minimum Gasteiger partial charge on any atom is -0.351 e. The first-order valence-corrected chi connectivity index (χ1v) is 5.06. The molecule has 0 aliphatic carbocycles. The molecule has 0 saturated heterocycles. The van der Waals surface area contributed by atoms with Gasteiger partial charge in [0.15, 0.2) is 0 Å². The van der Waals surface area contributed by atoms with E-state index in [9.17, 15) is 4.79 Å². The minimum atomic E-state index is -0.144. The van der Waals surface area contributed by atoms with Gasteiger partial charge in [0.05, 0.1) is 0 Å². The molecule has 1 amide bonds. The summed E-state index contributed by atoms with van der Waals surface area (Å²) in [6.45, 7) is 0.539. The lowest BCUT2D eigenvalue weighted by Crippen LogP contribution is -2.25. The van der Waals surface area contributed by atoms with Crippen LogP contribution in [0.2, 0.25) is 0 Å². The van der Waals surface area contributed by atoms with Crippen LogP contribution in [0, 0.1) is 0 Å². The fourth-order valence-corrected chi connectivity index (χ4v) is 1.31. The summed E-state index contributed by atoms with van der Waals surface area (Å²) in [7, 11) is 0. The van der Waals surface area contributed by atoms with Gasteiger partial charge in [-0.2, -0.15) is 12.6 Å². The minimum absolute atomic E-state index is 0.144. The first-order chi connectivity index (χ1) is 7.31. The van der Waals surface area contributed by atoms with E-state index < -0.39 is 0 Å². The molecular weight excluding hydrogens is 214 g/mol. The van der Waals surface area contributed by atoms with Gasteiger partial charge in [-0.05, 0) is 28.5 Å². The number of hydrogen-bond acceptors (Lipinski definition) is 5. The highest BCUT2D eigenvalue weighted by Crippen LogP contribution is 2.11. The fourth-order valence-electron chi connectivity index (χ4n) is 1.19. The first kappa shape index (κ1) is 9.97. The highest BCUT2D eigenvalue weighted by Gasteiger charge is 2.07. The molecular formula is C9H9N3O2S. The molecule has 2 aromatic rings. The van der Waals surface area contributed by atoms with E-state index in [0.717, 1.165) is 0 Å². The molecule has 0 unspecified atom stereocenters. The maximum absolute atomic E-state index is 11.5. The SMILES string of the molecule is O=C(NCCS)c1ccc2nonc2c1. The fraction of sp³-hybridized carbons (Fsp3) is 0.222. The van der Waals surface area contributed by atoms with Gasteiger partial charge < -0.3 is 5.32 Å². The van der Waals surface area contributed by atoms with Crippen molar-refractivity contribution in [2.45, 2.75) is 0 Å². The van der Waals surface area contributed by atoms with Crippen molar-refractivity contribution in [3.8, 4) is 0 Å². The molecule has 0 bridgehead atoms. The van der Waals surface area contributed by atoms with Gasteiger partial charge in [-0.15, -0.1) is 0 Å². The summed E-state index contributed by atoms with van der Waals surface area (Å²) >= 11 is 4.00. The van der Waals surface area contributed by atoms with Crippen molar-refractivity contribution < 1.29 is 9.42 Å². The van der Waals surface area contributed by atoms with Crippen molar-refractivity contribution >= 4 is 29.6 Å². The zero-order valence-corrected chi connectivity index (χ0v) is 8.70. The van der Waals surface area contributed by atoms with Crippen molar-refractivity contribution in [2.75, 3.05) is 12.3 Å². The zero-order valence-electron chi connectivity index (χ0n) is 7.80. The number of rotatable bonds is 3. The quantitative estimate of drug-likeness (QED) is 0.758. The number of amides is 1. The highest BCUT2D eigenvalue weighted by molar-refractivity contribution is 7.80. The Morgan fingerprint density at radius 1 is 1.40 bits per heavy atom. The molecule has 0 atom stereocenters. The average molecular weight is 223 g/mol. The van der Waals surface area contributed by atoms with Gasteiger partial charge in [-0.3, -0.25) is 4.79 Å². The Hall–Kier alpha value is -1.56. The second-order valence-electron chi connectivity index (χ2n) is 2.95. The van der Waals surface area contributed by atoms with Gasteiger partial charge in [0.1, 0.15) is 11.0 Å². The van der Waals surface area contributed by atoms with E-state index in [1.807, 2.05) is 0 Å². The summed E-state index contributed by atoms with van der Waals surface area (Å²) in [4.78, 5) is 11.5. The number of hydrogen-bond donors (Lipinski definition) is 2. The molecule has 0 fully saturated rings. The molecule has 1 aromatic carbocycles. The number of carbonyl (C=O) groups excluding carboxylic acids is 1. The topological polar surface area (TPSA) is 68.0 Å². The lowest BCUT2D eigenvalue weighted by molar-refractivity contribution is 0.0956. The van der Waals surface area contributed by atoms with E-state index >= 15 is 0 Å². The van der Waals surface area contributed by atoms with E-state index in [2.05, 4.69) is 32.9 Å². The third-order valence-electron chi connectivity index (χ3n) is 1.91. The third-order valence-corrected chi connectivity index (χ3v) is 2.14. The van der Waals surface area contributed by atoms with Crippen LogP contribution in [-0.4, -0.2) is 28.5 Å². The molecule has 0 radical (unpaired) electrons. The van der Waals surface area contributed by atoms with Gasteiger partial charge in [0.25, 0.3) is 5.91 Å². The summed E-state index contributed by atoms with van der Waals surface area (Å²) in [6, 6.07) is 5.02. The Kier molecular flexibility index (Phi) is 2.86. The molecule has 0 saturated carbocycles. The number of nitrogens with zero attached hydrogens (tertiary/aromatic N) is 2. The number of nitrogens with one attached hydrogen (secondary N) is 1. The van der Waals surface area contributed by atoms with E-state index in [4.69, 9.17) is 0 Å². The largest absolute Gasteiger partial charge is 0.351 e. The molecule has 0 aliphatic heterocycles. The Balaban J connectivity index is 2.23. The van der Waals surface area contributed by atoms with E-state index in [0.29, 0.717) is 28.9 Å². The molecule has 2 rings (SSSR count). The van der Waals surface area contributed by atoms with Crippen molar-refractivity contribution in [2.24, 2.45) is 0 Å². The Morgan fingerprint density at radius 2 is 2.20 bits per heavy atom. The summed E-state index contributed by atoms with van der Waals surface area (Å²) in [5.41, 5.74) is 1.76. The Bertz CT molecular complexity index is 483. The number of carbonyl (C=O) groups is 1. The summed E-state index contributed by atoms with van der Waals surface area (Å²) in [6.07, 6.45) is 0. The molecule has 0 aliphatic rings. The lowest BCUT2D eigenvalue weighted by Gasteiger charge is -2.01. The summed E-state index contributed by atoms with van der Waals surface area (Å²) in [5, 5.41) is 10.0. The predicted octanol–water partition coefficient (Wildman–Crippen LogP) is 0.882. The van der Waals surface area contributed by atoms with Crippen LogP contribution in [0.15, 0.2) is 22.8 Å². The Morgan fingerprint density at radius 3 is 3.00 bits per heavy atom. The van der Waals surface area contributed by atoms with Crippen molar-refractivity contribution in [1.82, 2.24) is 15.6 Å². The van der Waals surface area contributed by atoms with E-state index in [1.165, 1.54) is 0 Å². The van der Waals surface area contributed by atoms with E-state index in [-0.39, 0.29) is 5.91 Å². The van der Waals surface area contributed by atoms with Crippen LogP contribution in [0.25, 0.3) is 11.0 Å². The molecule has 1 aromatic heterocycles. The monoisotopic (exact) mass is 223 g/mol. The average Bonchev–Trinajstić information content (AvgIpc) is 2.72. The van der Waals surface area contributed by atoms with Gasteiger partial charge >= 0.3 is 0 Å². The van der Waals surface area contributed by atoms with Crippen LogP contribution in [0.4, 0.5) is 0 Å². The van der Waals surface area contributed by atoms with Gasteiger partial charge in [-0.25, -0.2) is 4.63 Å². The number of fused-ring (bicyclic) bond motifs is 1. The smallest absolute Gasteiger partial charge is 0.251 e. The maximum atomic E-state index is 11.5. The van der Waals surface area contributed by atoms with Crippen molar-refractivity contribution in [3.63, 3.8) is 0 Å². The zero-order chi connectivity index (χ0) is 10.7. The van der Waals surface area contributed by atoms with Crippen LogP contribution in [0.1, 0.15) is 10.4 Å². The van der Waals surface area contributed by atoms with Crippen LogP contribution >= 0.6 is 12.6 Å². The molecule has 5 nitrogen and oxygen atoms in total. The number of thiol groups is 1. The van der Waals surface area contributed by atoms with Crippen LogP contribution in [0.3, 0.4) is 0 Å².